The van der Waals surface area contributed by atoms with Gasteiger partial charge in [0.2, 0.25) is 0 Å². The van der Waals surface area contributed by atoms with Crippen LogP contribution in [0.2, 0.25) is 0 Å². The van der Waals surface area contributed by atoms with Gasteiger partial charge < -0.3 is 20.3 Å². The minimum Gasteiger partial charge on any atom is -0.494 e. The lowest BCUT2D eigenvalue weighted by atomic mass is 10.1. The monoisotopic (exact) mass is 477 g/mol. The second kappa shape index (κ2) is 10.7. The lowest BCUT2D eigenvalue weighted by Crippen LogP contribution is -2.47. The molecule has 9 nitrogen and oxygen atoms in total. The highest BCUT2D eigenvalue weighted by Gasteiger charge is 2.23. The second-order valence-corrected chi connectivity index (χ2v) is 9.50. The number of amides is 1. The molecule has 0 spiro atoms. The predicted molar refractivity (Wildman–Crippen MR) is 137 cm³/mol. The van der Waals surface area contributed by atoms with Crippen molar-refractivity contribution >= 4 is 22.5 Å². The van der Waals surface area contributed by atoms with Crippen LogP contribution in [0, 0.1) is 6.92 Å². The van der Waals surface area contributed by atoms with Gasteiger partial charge >= 0.3 is 0 Å². The number of pyridine rings is 1. The fourth-order valence-electron chi connectivity index (χ4n) is 5.01. The summed E-state index contributed by atoms with van der Waals surface area (Å²) < 4.78 is 7.66. The van der Waals surface area contributed by atoms with E-state index < -0.39 is 0 Å². The molecule has 5 rings (SSSR count). The number of anilines is 1. The maximum atomic E-state index is 12.7. The third kappa shape index (κ3) is 5.63. The van der Waals surface area contributed by atoms with E-state index in [2.05, 4.69) is 36.3 Å². The Kier molecular flexibility index (Phi) is 7.26. The van der Waals surface area contributed by atoms with Crippen molar-refractivity contribution in [1.82, 2.24) is 29.9 Å². The average molecular weight is 478 g/mol. The van der Waals surface area contributed by atoms with Crippen molar-refractivity contribution in [3.8, 4) is 5.75 Å². The van der Waals surface area contributed by atoms with Crippen LogP contribution in [0.15, 0.2) is 36.5 Å². The standard InChI is InChI=1S/C26H35N7O2/c1-19-4-3-5-22(28-19)26(34)29-24-16-20-18-33(30-23(20)17-25(24)35-2)21-6-10-31(11-7-21)14-15-32-12-8-27-9-13-32/h3-5,16-18,21,27H,6-15H2,1-2H3,(H,29,34). The van der Waals surface area contributed by atoms with E-state index in [1.807, 2.05) is 31.2 Å². The third-order valence-electron chi connectivity index (χ3n) is 7.09. The Balaban J connectivity index is 1.23. The number of aryl methyl sites for hydroxylation is 1. The highest BCUT2D eigenvalue weighted by Crippen LogP contribution is 2.32. The number of rotatable bonds is 7. The van der Waals surface area contributed by atoms with E-state index in [4.69, 9.17) is 9.84 Å². The maximum absolute atomic E-state index is 12.7. The summed E-state index contributed by atoms with van der Waals surface area (Å²) >= 11 is 0. The van der Waals surface area contributed by atoms with Crippen molar-refractivity contribution in [2.45, 2.75) is 25.8 Å². The van der Waals surface area contributed by atoms with Gasteiger partial charge in [-0.05, 0) is 38.0 Å². The van der Waals surface area contributed by atoms with Crippen molar-refractivity contribution in [2.24, 2.45) is 0 Å². The molecular weight excluding hydrogens is 442 g/mol. The Morgan fingerprint density at radius 1 is 1.11 bits per heavy atom. The van der Waals surface area contributed by atoms with E-state index >= 15 is 0 Å². The van der Waals surface area contributed by atoms with Crippen LogP contribution in [0.3, 0.4) is 0 Å². The molecule has 0 atom stereocenters. The molecule has 0 unspecified atom stereocenters. The minimum absolute atomic E-state index is 0.257. The van der Waals surface area contributed by atoms with E-state index in [1.54, 1.807) is 13.2 Å². The highest BCUT2D eigenvalue weighted by molar-refractivity contribution is 6.05. The number of aromatic nitrogens is 3. The van der Waals surface area contributed by atoms with Gasteiger partial charge in [0, 0.05) is 75.7 Å². The summed E-state index contributed by atoms with van der Waals surface area (Å²) in [6.45, 7) is 10.9. The number of piperazine rings is 1. The molecule has 1 aromatic carbocycles. The number of nitrogens with one attached hydrogen (secondary N) is 2. The summed E-state index contributed by atoms with van der Waals surface area (Å²) in [6.07, 6.45) is 4.28. The topological polar surface area (TPSA) is 87.5 Å². The Morgan fingerprint density at radius 3 is 2.57 bits per heavy atom. The van der Waals surface area contributed by atoms with E-state index in [1.165, 1.54) is 0 Å². The molecule has 0 saturated carbocycles. The van der Waals surface area contributed by atoms with Gasteiger partial charge in [-0.25, -0.2) is 4.98 Å². The summed E-state index contributed by atoms with van der Waals surface area (Å²) in [4.78, 5) is 22.2. The summed E-state index contributed by atoms with van der Waals surface area (Å²) in [5.41, 5.74) is 2.67. The van der Waals surface area contributed by atoms with Crippen LogP contribution in [0.1, 0.15) is 35.1 Å². The molecule has 2 aromatic heterocycles. The number of carbonyl (C=O) groups is 1. The zero-order valence-corrected chi connectivity index (χ0v) is 20.7. The molecule has 9 heteroatoms. The molecule has 0 aliphatic carbocycles. The van der Waals surface area contributed by atoms with E-state index in [0.717, 1.165) is 81.8 Å². The molecular formula is C26H35N7O2. The number of methoxy groups -OCH3 is 1. The molecule has 0 bridgehead atoms. The van der Waals surface area contributed by atoms with Gasteiger partial charge in [0.05, 0.1) is 24.4 Å². The van der Waals surface area contributed by atoms with Gasteiger partial charge in [-0.15, -0.1) is 0 Å². The van der Waals surface area contributed by atoms with Crippen molar-refractivity contribution in [1.29, 1.82) is 0 Å². The molecule has 2 saturated heterocycles. The smallest absolute Gasteiger partial charge is 0.274 e. The van der Waals surface area contributed by atoms with E-state index in [9.17, 15) is 4.79 Å². The van der Waals surface area contributed by atoms with Crippen molar-refractivity contribution in [3.63, 3.8) is 0 Å². The predicted octanol–water partition coefficient (Wildman–Crippen LogP) is 2.54. The average Bonchev–Trinajstić information content (AvgIpc) is 3.31. The second-order valence-electron chi connectivity index (χ2n) is 9.50. The van der Waals surface area contributed by atoms with Gasteiger partial charge in [-0.3, -0.25) is 14.4 Å². The molecule has 35 heavy (non-hydrogen) atoms. The van der Waals surface area contributed by atoms with Gasteiger partial charge in [-0.2, -0.15) is 5.10 Å². The first-order valence-electron chi connectivity index (χ1n) is 12.6. The Labute approximate surface area is 206 Å². The van der Waals surface area contributed by atoms with Gasteiger partial charge in [0.15, 0.2) is 0 Å². The molecule has 4 heterocycles. The molecule has 2 aliphatic heterocycles. The lowest BCUT2D eigenvalue weighted by molar-refractivity contribution is 0.102. The minimum atomic E-state index is -0.257. The first kappa shape index (κ1) is 23.7. The zero-order chi connectivity index (χ0) is 24.2. The van der Waals surface area contributed by atoms with Crippen LogP contribution in [0.25, 0.3) is 10.9 Å². The lowest BCUT2D eigenvalue weighted by Gasteiger charge is -2.34. The Morgan fingerprint density at radius 2 is 1.86 bits per heavy atom. The summed E-state index contributed by atoms with van der Waals surface area (Å²) in [5.74, 6) is 0.332. The Hall–Kier alpha value is -3.01. The van der Waals surface area contributed by atoms with Gasteiger partial charge in [-0.1, -0.05) is 6.07 Å². The first-order chi connectivity index (χ1) is 17.1. The largest absolute Gasteiger partial charge is 0.494 e. The SMILES string of the molecule is COc1cc2nn(C3CCN(CCN4CCNCC4)CC3)cc2cc1NC(=O)c1cccc(C)n1. The normalized spacial score (nSPS) is 18.1. The van der Waals surface area contributed by atoms with Crippen LogP contribution in [0.5, 0.6) is 5.75 Å². The van der Waals surface area contributed by atoms with E-state index in [-0.39, 0.29) is 5.91 Å². The number of fused-ring (bicyclic) bond motifs is 1. The molecule has 2 aliphatic rings. The number of nitrogens with zero attached hydrogens (tertiary/aromatic N) is 5. The summed E-state index contributed by atoms with van der Waals surface area (Å²) in [5, 5.41) is 12.2. The van der Waals surface area contributed by atoms with Crippen LogP contribution in [-0.2, 0) is 0 Å². The van der Waals surface area contributed by atoms with Crippen LogP contribution >= 0.6 is 0 Å². The highest BCUT2D eigenvalue weighted by atomic mass is 16.5. The molecule has 186 valence electrons. The molecule has 0 radical (unpaired) electrons. The van der Waals surface area contributed by atoms with Crippen LogP contribution in [-0.4, -0.2) is 89.9 Å². The molecule has 3 aromatic rings. The number of hydrogen-bond donors (Lipinski definition) is 2. The molecule has 2 N–H and O–H groups in total. The van der Waals surface area contributed by atoms with Gasteiger partial charge in [0.25, 0.3) is 5.91 Å². The number of ether oxygens (including phenoxy) is 1. The zero-order valence-electron chi connectivity index (χ0n) is 20.7. The number of benzene rings is 1. The fourth-order valence-corrected chi connectivity index (χ4v) is 5.01. The number of carbonyl (C=O) groups excluding carboxylic acids is 1. The fraction of sp³-hybridized carbons (Fsp3) is 0.500. The summed E-state index contributed by atoms with van der Waals surface area (Å²) in [6, 6.07) is 9.63. The summed E-state index contributed by atoms with van der Waals surface area (Å²) in [7, 11) is 1.61. The maximum Gasteiger partial charge on any atom is 0.274 e. The van der Waals surface area contributed by atoms with Crippen LogP contribution in [0.4, 0.5) is 5.69 Å². The first-order valence-corrected chi connectivity index (χ1v) is 12.6. The van der Waals surface area contributed by atoms with Crippen molar-refractivity contribution in [2.75, 3.05) is 64.8 Å². The van der Waals surface area contributed by atoms with Crippen molar-refractivity contribution < 1.29 is 9.53 Å². The number of hydrogen-bond acceptors (Lipinski definition) is 7. The third-order valence-corrected chi connectivity index (χ3v) is 7.09. The molecule has 1 amide bonds. The number of piperidine rings is 1. The Bertz CT molecular complexity index is 1160. The van der Waals surface area contributed by atoms with Crippen LogP contribution < -0.4 is 15.4 Å². The molecule has 2 fully saturated rings. The van der Waals surface area contributed by atoms with Gasteiger partial charge in [0.1, 0.15) is 11.4 Å². The quantitative estimate of drug-likeness (QED) is 0.541. The van der Waals surface area contributed by atoms with Crippen molar-refractivity contribution in [3.05, 3.63) is 47.9 Å². The number of likely N-dealkylation sites (tertiary alicyclic amines) is 1. The van der Waals surface area contributed by atoms with E-state index in [0.29, 0.717) is 23.2 Å².